The minimum atomic E-state index is -0.280. The van der Waals surface area contributed by atoms with Gasteiger partial charge < -0.3 is 28.4 Å². The van der Waals surface area contributed by atoms with E-state index in [0.717, 1.165) is 129 Å². The molecule has 0 amide bonds. The molecule has 2 aliphatic rings. The third kappa shape index (κ3) is 8.54. The van der Waals surface area contributed by atoms with E-state index in [1.807, 2.05) is 0 Å². The van der Waals surface area contributed by atoms with Gasteiger partial charge in [0.05, 0.1) is 16.8 Å². The normalized spacial score (nSPS) is 12.9. The van der Waals surface area contributed by atoms with Crippen LogP contribution in [-0.4, -0.2) is 6.71 Å². The molecule has 0 saturated heterocycles. The number of hydrogen-bond acceptors (Lipinski definition) is 6. The number of furan rings is 2. The minimum absolute atomic E-state index is 0.0424. The van der Waals surface area contributed by atoms with E-state index in [0.29, 0.717) is 0 Å². The second-order valence-electron chi connectivity index (χ2n) is 25.3. The molecular weight excluding hydrogens is 1060 g/mol. The third-order valence-electron chi connectivity index (χ3n) is 17.9. The Kier molecular flexibility index (Phi) is 12.0. The fourth-order valence-electron chi connectivity index (χ4n) is 13.7. The maximum Gasteiger partial charge on any atom is 0.257 e. The van der Waals surface area contributed by atoms with Crippen molar-refractivity contribution in [3.8, 4) is 11.1 Å². The minimum Gasteiger partial charge on any atom is -0.456 e. The van der Waals surface area contributed by atoms with Crippen molar-refractivity contribution in [3.63, 3.8) is 0 Å². The molecule has 87 heavy (non-hydrogen) atoms. The van der Waals surface area contributed by atoms with Crippen molar-refractivity contribution in [1.82, 2.24) is 0 Å². The first kappa shape index (κ1) is 52.1. The summed E-state index contributed by atoms with van der Waals surface area (Å²) in [7, 11) is 0. The molecule has 12 aromatic carbocycles. The van der Waals surface area contributed by atoms with Crippen LogP contribution in [0.25, 0.3) is 55.0 Å². The quantitative estimate of drug-likeness (QED) is 0.134. The van der Waals surface area contributed by atoms with Crippen molar-refractivity contribution < 1.29 is 8.83 Å². The molecule has 0 unspecified atom stereocenters. The molecule has 0 aliphatic carbocycles. The molecule has 0 radical (unpaired) electrons. The molecule has 14 aromatic rings. The molecule has 418 valence electrons. The number of fused-ring (bicyclic) bond motifs is 11. The van der Waals surface area contributed by atoms with Crippen molar-refractivity contribution >= 4 is 135 Å². The molecule has 7 heteroatoms. The van der Waals surface area contributed by atoms with Gasteiger partial charge >= 0.3 is 0 Å². The Labute approximate surface area is 508 Å². The molecule has 0 atom stereocenters. The Morgan fingerprint density at radius 2 is 0.816 bits per heavy atom. The van der Waals surface area contributed by atoms with Gasteiger partial charge in [0.2, 0.25) is 0 Å². The van der Waals surface area contributed by atoms with Crippen LogP contribution in [0.15, 0.2) is 282 Å². The Hall–Kier alpha value is -10.5. The average Bonchev–Trinajstić information content (AvgIpc) is 1.78. The predicted octanol–water partition coefficient (Wildman–Crippen LogP) is 20.8. The van der Waals surface area contributed by atoms with Gasteiger partial charge in [0.15, 0.2) is 5.58 Å². The first-order chi connectivity index (χ1) is 42.4. The van der Waals surface area contributed by atoms with E-state index in [1.54, 1.807) is 0 Å². The Bertz CT molecular complexity index is 4920. The fourth-order valence-corrected chi connectivity index (χ4v) is 13.7. The highest BCUT2D eigenvalue weighted by atomic mass is 16.3. The summed E-state index contributed by atoms with van der Waals surface area (Å²) in [6.45, 7) is 13.4. The van der Waals surface area contributed by atoms with Crippen LogP contribution in [0.5, 0.6) is 0 Å². The van der Waals surface area contributed by atoms with E-state index in [9.17, 15) is 0 Å². The van der Waals surface area contributed by atoms with Gasteiger partial charge in [-0.1, -0.05) is 205 Å². The van der Waals surface area contributed by atoms with Crippen LogP contribution >= 0.6 is 0 Å². The molecule has 2 aromatic heterocycles. The van der Waals surface area contributed by atoms with Crippen LogP contribution in [0.3, 0.4) is 0 Å². The standard InChI is InChI=1S/C80H63BN4O2/c1-79(2,3)54-39-43-58(44-40-54)84-66-34-22-35-67-75(66)81(65-48-47-61(50-69(65)84)83(60-30-20-25-53(49-60)52-23-10-7-11-24-52)68-36-21-33-63-62-31-16-18-37-72(62)86-77(63)68)76-71(85(67)59-45-41-55(42-46-59)80(4,5)6)51-70(74-64-32-17-19-38-73(64)87-78(74)76)82(56-26-12-8-13-27-56)57-28-14-9-15-29-57/h7-51H,1-6H3. The molecule has 0 spiro atoms. The topological polar surface area (TPSA) is 39.2 Å². The lowest BCUT2D eigenvalue weighted by Gasteiger charge is -2.44. The van der Waals surface area contributed by atoms with Crippen LogP contribution in [0, 0.1) is 0 Å². The van der Waals surface area contributed by atoms with Crippen molar-refractivity contribution in [2.24, 2.45) is 0 Å². The monoisotopic (exact) mass is 1120 g/mol. The highest BCUT2D eigenvalue weighted by Gasteiger charge is 2.46. The van der Waals surface area contributed by atoms with E-state index in [1.165, 1.54) is 22.1 Å². The van der Waals surface area contributed by atoms with Gasteiger partial charge in [-0.15, -0.1) is 0 Å². The lowest BCUT2D eigenvalue weighted by atomic mass is 9.33. The molecule has 0 N–H and O–H groups in total. The first-order valence-corrected chi connectivity index (χ1v) is 30.3. The van der Waals surface area contributed by atoms with Crippen LogP contribution < -0.4 is 36.0 Å². The van der Waals surface area contributed by atoms with E-state index < -0.39 is 0 Å². The maximum absolute atomic E-state index is 7.55. The second kappa shape index (κ2) is 20.1. The molecule has 6 nitrogen and oxygen atoms in total. The highest BCUT2D eigenvalue weighted by molar-refractivity contribution is 7.01. The zero-order chi connectivity index (χ0) is 58.7. The van der Waals surface area contributed by atoms with Gasteiger partial charge in [-0.05, 0) is 159 Å². The fraction of sp³-hybridized carbons (Fsp3) is 0.100. The van der Waals surface area contributed by atoms with Gasteiger partial charge in [0, 0.05) is 73.0 Å². The lowest BCUT2D eigenvalue weighted by molar-refractivity contribution is 0.590. The number of benzene rings is 12. The zero-order valence-corrected chi connectivity index (χ0v) is 49.7. The summed E-state index contributed by atoms with van der Waals surface area (Å²) in [6, 6.07) is 99.6. The number of rotatable bonds is 9. The molecule has 0 saturated carbocycles. The summed E-state index contributed by atoms with van der Waals surface area (Å²) in [5.74, 6) is 0. The van der Waals surface area contributed by atoms with E-state index in [4.69, 9.17) is 8.83 Å². The van der Waals surface area contributed by atoms with Crippen molar-refractivity contribution in [1.29, 1.82) is 0 Å². The zero-order valence-electron chi connectivity index (χ0n) is 49.7. The number of para-hydroxylation sites is 5. The number of hydrogen-bond donors (Lipinski definition) is 0. The highest BCUT2D eigenvalue weighted by Crippen LogP contribution is 2.52. The summed E-state index contributed by atoms with van der Waals surface area (Å²) in [5.41, 5.74) is 24.2. The largest absolute Gasteiger partial charge is 0.456 e. The van der Waals surface area contributed by atoms with Gasteiger partial charge in [-0.2, -0.15) is 0 Å². The molecule has 2 aliphatic heterocycles. The van der Waals surface area contributed by atoms with Gasteiger partial charge in [-0.25, -0.2) is 0 Å². The van der Waals surface area contributed by atoms with Crippen LogP contribution in [0.1, 0.15) is 52.7 Å². The molecule has 4 heterocycles. The maximum atomic E-state index is 7.55. The lowest BCUT2D eigenvalue weighted by Crippen LogP contribution is -2.61. The van der Waals surface area contributed by atoms with E-state index >= 15 is 0 Å². The van der Waals surface area contributed by atoms with Crippen molar-refractivity contribution in [2.45, 2.75) is 52.4 Å². The predicted molar refractivity (Wildman–Crippen MR) is 367 cm³/mol. The first-order valence-electron chi connectivity index (χ1n) is 30.3. The molecule has 16 rings (SSSR count). The Morgan fingerprint density at radius 1 is 0.333 bits per heavy atom. The average molecular weight is 1120 g/mol. The molecule has 0 fully saturated rings. The third-order valence-corrected chi connectivity index (χ3v) is 17.9. The summed E-state index contributed by atoms with van der Waals surface area (Å²) >= 11 is 0. The summed E-state index contributed by atoms with van der Waals surface area (Å²) in [5, 5.41) is 4.27. The number of nitrogens with zero attached hydrogens (tertiary/aromatic N) is 4. The Balaban J connectivity index is 1.01. The SMILES string of the molecule is CC(C)(C)c1ccc(N2c3cc(N(c4cccc(-c5ccccc5)c4)c4cccc5c4oc4ccccc45)ccc3B3c4c2cccc4N(c2ccc(C(C)(C)C)cc2)c2cc(N(c4ccccc4)c4ccccc4)c4c(oc5ccccc54)c23)cc1. The smallest absolute Gasteiger partial charge is 0.257 e. The summed E-state index contributed by atoms with van der Waals surface area (Å²) in [6.07, 6.45) is 0. The van der Waals surface area contributed by atoms with Crippen LogP contribution in [0.4, 0.5) is 68.2 Å². The van der Waals surface area contributed by atoms with Crippen molar-refractivity contribution in [3.05, 3.63) is 284 Å². The number of anilines is 12. The van der Waals surface area contributed by atoms with E-state index in [2.05, 4.69) is 334 Å². The van der Waals surface area contributed by atoms with Crippen molar-refractivity contribution in [2.75, 3.05) is 19.6 Å². The summed E-state index contributed by atoms with van der Waals surface area (Å²) < 4.78 is 14.5. The Morgan fingerprint density at radius 3 is 1.45 bits per heavy atom. The van der Waals surface area contributed by atoms with E-state index in [-0.39, 0.29) is 17.5 Å². The van der Waals surface area contributed by atoms with Crippen LogP contribution in [0.2, 0.25) is 0 Å². The molecular formula is C80H63BN4O2. The van der Waals surface area contributed by atoms with Crippen LogP contribution in [-0.2, 0) is 10.8 Å². The summed E-state index contributed by atoms with van der Waals surface area (Å²) in [4.78, 5) is 9.83. The van der Waals surface area contributed by atoms with Gasteiger partial charge in [0.25, 0.3) is 6.71 Å². The van der Waals surface area contributed by atoms with Gasteiger partial charge in [0.1, 0.15) is 16.7 Å². The second-order valence-corrected chi connectivity index (χ2v) is 25.3. The molecule has 0 bridgehead atoms. The van der Waals surface area contributed by atoms with Gasteiger partial charge in [-0.3, -0.25) is 0 Å².